The van der Waals surface area contributed by atoms with Gasteiger partial charge in [0, 0.05) is 23.4 Å². The van der Waals surface area contributed by atoms with Crippen molar-refractivity contribution in [2.24, 2.45) is 5.41 Å². The molecule has 0 aliphatic rings. The fourth-order valence-electron chi connectivity index (χ4n) is 3.69. The molecule has 0 atom stereocenters. The van der Waals surface area contributed by atoms with Gasteiger partial charge in [0.1, 0.15) is 18.2 Å². The predicted octanol–water partition coefficient (Wildman–Crippen LogP) is 5.70. The minimum Gasteiger partial charge on any atom is -0.497 e. The van der Waals surface area contributed by atoms with Crippen LogP contribution in [0.25, 0.3) is 33.8 Å². The number of aryl methyl sites for hydroxylation is 1. The first-order chi connectivity index (χ1) is 16.8. The van der Waals surface area contributed by atoms with Crippen molar-refractivity contribution in [1.29, 1.82) is 0 Å². The Kier molecular flexibility index (Phi) is 6.87. The lowest BCUT2D eigenvalue weighted by Gasteiger charge is -2.21. The topological polar surface area (TPSA) is 86.3 Å². The van der Waals surface area contributed by atoms with Gasteiger partial charge in [-0.2, -0.15) is 0 Å². The van der Waals surface area contributed by atoms with E-state index in [4.69, 9.17) is 14.2 Å². The summed E-state index contributed by atoms with van der Waals surface area (Å²) >= 11 is 0. The Morgan fingerprint density at radius 2 is 1.57 bits per heavy atom. The third kappa shape index (κ3) is 5.35. The molecule has 35 heavy (non-hydrogen) atoms. The molecule has 0 aliphatic carbocycles. The number of carbonyl (C=O) groups is 1. The molecule has 4 rings (SSSR count). The van der Waals surface area contributed by atoms with E-state index in [1.165, 1.54) is 7.11 Å². The van der Waals surface area contributed by atoms with Crippen LogP contribution in [0, 0.1) is 12.3 Å². The zero-order valence-corrected chi connectivity index (χ0v) is 20.6. The summed E-state index contributed by atoms with van der Waals surface area (Å²) in [5.74, 6) is 1.77. The number of pyridine rings is 1. The van der Waals surface area contributed by atoms with E-state index in [0.717, 1.165) is 45.1 Å². The zero-order valence-electron chi connectivity index (χ0n) is 20.6. The molecule has 0 aliphatic heterocycles. The second-order valence-corrected chi connectivity index (χ2v) is 8.95. The molecular formula is C28H29N3O4. The molecule has 0 amide bonds. The van der Waals surface area contributed by atoms with E-state index in [9.17, 15) is 4.79 Å². The van der Waals surface area contributed by atoms with Gasteiger partial charge in [-0.15, -0.1) is 0 Å². The van der Waals surface area contributed by atoms with Gasteiger partial charge in [-0.05, 0) is 61.7 Å². The van der Waals surface area contributed by atoms with Crippen LogP contribution in [-0.2, 0) is 9.53 Å². The van der Waals surface area contributed by atoms with Crippen LogP contribution in [0.1, 0.15) is 19.4 Å². The van der Waals surface area contributed by atoms with Crippen LogP contribution in [0.5, 0.6) is 11.6 Å². The SMILES string of the molecule is COC(=O)C(C)(C)COc1cc(C)c(-c2ccc(-c3ncc(-c4ccc(OC)cc4)[nH]3)cc2)cn1. The number of esters is 1. The second kappa shape index (κ2) is 10.0. The van der Waals surface area contributed by atoms with E-state index in [1.54, 1.807) is 27.2 Å². The molecule has 4 aromatic rings. The van der Waals surface area contributed by atoms with Gasteiger partial charge in [0.15, 0.2) is 0 Å². The number of rotatable bonds is 8. The maximum absolute atomic E-state index is 11.9. The Balaban J connectivity index is 1.47. The molecule has 0 spiro atoms. The molecule has 0 saturated heterocycles. The van der Waals surface area contributed by atoms with Crippen LogP contribution in [0.15, 0.2) is 67.0 Å². The van der Waals surface area contributed by atoms with Crippen LogP contribution in [0.3, 0.4) is 0 Å². The molecule has 2 aromatic heterocycles. The smallest absolute Gasteiger partial charge is 0.314 e. The van der Waals surface area contributed by atoms with E-state index in [2.05, 4.69) is 27.1 Å². The minimum atomic E-state index is -0.752. The third-order valence-corrected chi connectivity index (χ3v) is 5.85. The highest BCUT2D eigenvalue weighted by Gasteiger charge is 2.30. The number of ether oxygens (including phenoxy) is 3. The summed E-state index contributed by atoms with van der Waals surface area (Å²) in [4.78, 5) is 24.2. The number of hydrogen-bond donors (Lipinski definition) is 1. The highest BCUT2D eigenvalue weighted by atomic mass is 16.5. The number of benzene rings is 2. The highest BCUT2D eigenvalue weighted by Crippen LogP contribution is 2.29. The molecule has 1 N–H and O–H groups in total. The number of nitrogens with zero attached hydrogens (tertiary/aromatic N) is 2. The number of imidazole rings is 1. The van der Waals surface area contributed by atoms with Crippen molar-refractivity contribution in [3.8, 4) is 45.4 Å². The second-order valence-electron chi connectivity index (χ2n) is 8.95. The Morgan fingerprint density at radius 1 is 0.914 bits per heavy atom. The van der Waals surface area contributed by atoms with Crippen LogP contribution in [-0.4, -0.2) is 41.7 Å². The summed E-state index contributed by atoms with van der Waals surface area (Å²) in [5, 5.41) is 0. The van der Waals surface area contributed by atoms with Gasteiger partial charge in [-0.1, -0.05) is 24.3 Å². The summed E-state index contributed by atoms with van der Waals surface area (Å²) in [6.45, 7) is 5.75. The van der Waals surface area contributed by atoms with Crippen molar-refractivity contribution in [2.45, 2.75) is 20.8 Å². The van der Waals surface area contributed by atoms with Gasteiger partial charge in [0.05, 0.1) is 31.5 Å². The summed E-state index contributed by atoms with van der Waals surface area (Å²) in [5.41, 5.74) is 5.30. The Hall–Kier alpha value is -4.13. The molecule has 7 heteroatoms. The van der Waals surface area contributed by atoms with Gasteiger partial charge >= 0.3 is 5.97 Å². The lowest BCUT2D eigenvalue weighted by atomic mass is 9.95. The van der Waals surface area contributed by atoms with Crippen molar-refractivity contribution < 1.29 is 19.0 Å². The molecule has 0 fully saturated rings. The molecule has 7 nitrogen and oxygen atoms in total. The van der Waals surface area contributed by atoms with E-state index < -0.39 is 5.41 Å². The Bertz CT molecular complexity index is 1310. The van der Waals surface area contributed by atoms with Crippen LogP contribution in [0.2, 0.25) is 0 Å². The van der Waals surface area contributed by atoms with Gasteiger partial charge in [-0.3, -0.25) is 4.79 Å². The van der Waals surface area contributed by atoms with Crippen molar-refractivity contribution in [3.05, 3.63) is 72.6 Å². The first kappa shape index (κ1) is 24.0. The maximum Gasteiger partial charge on any atom is 0.314 e. The number of nitrogens with one attached hydrogen (secondary N) is 1. The normalized spacial score (nSPS) is 11.2. The van der Waals surface area contributed by atoms with Crippen LogP contribution in [0.4, 0.5) is 0 Å². The van der Waals surface area contributed by atoms with E-state index in [-0.39, 0.29) is 12.6 Å². The maximum atomic E-state index is 11.9. The van der Waals surface area contributed by atoms with E-state index in [1.807, 2.05) is 55.6 Å². The largest absolute Gasteiger partial charge is 0.497 e. The molecule has 0 unspecified atom stereocenters. The third-order valence-electron chi connectivity index (χ3n) is 5.85. The summed E-state index contributed by atoms with van der Waals surface area (Å²) in [6, 6.07) is 17.9. The highest BCUT2D eigenvalue weighted by molar-refractivity contribution is 5.76. The Morgan fingerprint density at radius 3 is 2.20 bits per heavy atom. The van der Waals surface area contributed by atoms with Crippen molar-refractivity contribution >= 4 is 5.97 Å². The number of carbonyl (C=O) groups excluding carboxylic acids is 1. The number of aromatic amines is 1. The van der Waals surface area contributed by atoms with Crippen LogP contribution >= 0.6 is 0 Å². The zero-order chi connectivity index (χ0) is 25.0. The first-order valence-corrected chi connectivity index (χ1v) is 11.3. The molecule has 2 heterocycles. The number of H-pyrrole nitrogens is 1. The predicted molar refractivity (Wildman–Crippen MR) is 135 cm³/mol. The molecular weight excluding hydrogens is 442 g/mol. The molecule has 0 saturated carbocycles. The molecule has 2 aromatic carbocycles. The van der Waals surface area contributed by atoms with Crippen molar-refractivity contribution in [2.75, 3.05) is 20.8 Å². The number of methoxy groups -OCH3 is 2. The van der Waals surface area contributed by atoms with Gasteiger partial charge in [0.2, 0.25) is 5.88 Å². The van der Waals surface area contributed by atoms with Gasteiger partial charge < -0.3 is 19.2 Å². The fourth-order valence-corrected chi connectivity index (χ4v) is 3.69. The standard InChI is InChI=1S/C28H29N3O4/c1-18-14-25(35-17-28(2,3)27(32)34-5)29-15-23(18)19-6-8-21(9-7-19)26-30-16-24(31-26)20-10-12-22(33-4)13-11-20/h6-16H,17H2,1-5H3,(H,30,31). The quantitative estimate of drug-likeness (QED) is 0.332. The number of aromatic nitrogens is 3. The fraction of sp³-hybridized carbons (Fsp3) is 0.250. The van der Waals surface area contributed by atoms with Crippen molar-refractivity contribution in [1.82, 2.24) is 15.0 Å². The lowest BCUT2D eigenvalue weighted by molar-refractivity contribution is -0.152. The summed E-state index contributed by atoms with van der Waals surface area (Å²) in [6.07, 6.45) is 3.62. The average molecular weight is 472 g/mol. The van der Waals surface area contributed by atoms with Crippen LogP contribution < -0.4 is 9.47 Å². The lowest BCUT2D eigenvalue weighted by Crippen LogP contribution is -2.32. The monoisotopic (exact) mass is 471 g/mol. The van der Waals surface area contributed by atoms with Gasteiger partial charge in [0.25, 0.3) is 0 Å². The minimum absolute atomic E-state index is 0.182. The molecule has 180 valence electrons. The molecule has 0 bridgehead atoms. The molecule has 0 radical (unpaired) electrons. The van der Waals surface area contributed by atoms with Crippen molar-refractivity contribution in [3.63, 3.8) is 0 Å². The summed E-state index contributed by atoms with van der Waals surface area (Å²) < 4.78 is 15.8. The number of hydrogen-bond acceptors (Lipinski definition) is 6. The summed E-state index contributed by atoms with van der Waals surface area (Å²) in [7, 11) is 3.03. The van der Waals surface area contributed by atoms with Gasteiger partial charge in [-0.25, -0.2) is 9.97 Å². The average Bonchev–Trinajstić information content (AvgIpc) is 3.37. The first-order valence-electron chi connectivity index (χ1n) is 11.3. The van der Waals surface area contributed by atoms with E-state index in [0.29, 0.717) is 5.88 Å². The Labute approximate surface area is 205 Å². The van der Waals surface area contributed by atoms with E-state index >= 15 is 0 Å².